The summed E-state index contributed by atoms with van der Waals surface area (Å²) in [7, 11) is 1.53. The molecule has 1 aromatic rings. The van der Waals surface area contributed by atoms with Gasteiger partial charge in [-0.1, -0.05) is 0 Å². The number of hydrogen-bond acceptors (Lipinski definition) is 5. The zero-order chi connectivity index (χ0) is 9.97. The van der Waals surface area contributed by atoms with Gasteiger partial charge in [-0.15, -0.1) is 0 Å². The van der Waals surface area contributed by atoms with E-state index in [-0.39, 0.29) is 12.1 Å². The Morgan fingerprint density at radius 3 is 2.57 bits per heavy atom. The Balaban J connectivity index is 1.96. The van der Waals surface area contributed by atoms with Gasteiger partial charge in [-0.25, -0.2) is 9.97 Å². The average Bonchev–Trinajstić information content (AvgIpc) is 2.24. The van der Waals surface area contributed by atoms with Gasteiger partial charge in [0.15, 0.2) is 0 Å². The molecule has 1 aromatic heterocycles. The van der Waals surface area contributed by atoms with Crippen molar-refractivity contribution in [2.75, 3.05) is 12.4 Å². The van der Waals surface area contributed by atoms with Crippen LogP contribution in [0.2, 0.25) is 0 Å². The predicted octanol–water partition coefficient (Wildman–Crippen LogP) is 0.420. The largest absolute Gasteiger partial charge is 0.467 e. The second-order valence-electron chi connectivity index (χ2n) is 3.35. The molecule has 2 rings (SSSR count). The number of aliphatic hydroxyl groups excluding tert-OH is 1. The zero-order valence-electron chi connectivity index (χ0n) is 7.97. The molecule has 0 bridgehead atoms. The highest BCUT2D eigenvalue weighted by Gasteiger charge is 2.28. The van der Waals surface area contributed by atoms with E-state index in [2.05, 4.69) is 15.3 Å². The molecule has 1 aliphatic carbocycles. The van der Waals surface area contributed by atoms with Crippen molar-refractivity contribution < 1.29 is 9.84 Å². The standard InChI is InChI=1S/C9H13N3O2/c1-14-9-10-4-6(5-11-9)12-7-2-3-8(7)13/h4-5,7-8,12-13H,2-3H2,1H3/t7-,8-/m1/s1. The van der Waals surface area contributed by atoms with E-state index in [0.717, 1.165) is 18.5 Å². The average molecular weight is 195 g/mol. The maximum Gasteiger partial charge on any atom is 0.316 e. The molecule has 0 spiro atoms. The molecule has 1 saturated carbocycles. The van der Waals surface area contributed by atoms with Crippen molar-refractivity contribution >= 4 is 5.69 Å². The van der Waals surface area contributed by atoms with Crippen LogP contribution in [0.4, 0.5) is 5.69 Å². The van der Waals surface area contributed by atoms with Crippen LogP contribution in [0.15, 0.2) is 12.4 Å². The molecule has 14 heavy (non-hydrogen) atoms. The van der Waals surface area contributed by atoms with Crippen molar-refractivity contribution in [3.8, 4) is 6.01 Å². The Hall–Kier alpha value is -1.36. The quantitative estimate of drug-likeness (QED) is 0.731. The van der Waals surface area contributed by atoms with Gasteiger partial charge >= 0.3 is 6.01 Å². The van der Waals surface area contributed by atoms with E-state index in [0.29, 0.717) is 6.01 Å². The van der Waals surface area contributed by atoms with Crippen LogP contribution in [-0.4, -0.2) is 34.3 Å². The number of aliphatic hydroxyl groups is 1. The van der Waals surface area contributed by atoms with Gasteiger partial charge in [0.2, 0.25) is 0 Å². The van der Waals surface area contributed by atoms with Gasteiger partial charge < -0.3 is 15.2 Å². The summed E-state index contributed by atoms with van der Waals surface area (Å²) in [6, 6.07) is 0.497. The highest BCUT2D eigenvalue weighted by atomic mass is 16.5. The smallest absolute Gasteiger partial charge is 0.316 e. The molecule has 0 radical (unpaired) electrons. The molecule has 1 fully saturated rings. The first kappa shape index (κ1) is 9.21. The lowest BCUT2D eigenvalue weighted by molar-refractivity contribution is 0.0786. The Kier molecular flexibility index (Phi) is 2.49. The molecule has 1 aliphatic rings. The van der Waals surface area contributed by atoms with E-state index in [1.54, 1.807) is 12.4 Å². The van der Waals surface area contributed by atoms with Gasteiger partial charge in [0.25, 0.3) is 0 Å². The van der Waals surface area contributed by atoms with Crippen LogP contribution in [0.25, 0.3) is 0 Å². The first-order valence-electron chi connectivity index (χ1n) is 4.60. The molecule has 1 heterocycles. The minimum atomic E-state index is -0.239. The van der Waals surface area contributed by atoms with Gasteiger partial charge in [0.1, 0.15) is 0 Å². The lowest BCUT2D eigenvalue weighted by atomic mass is 9.89. The molecule has 5 heteroatoms. The maximum atomic E-state index is 9.34. The van der Waals surface area contributed by atoms with E-state index in [1.807, 2.05) is 0 Å². The topological polar surface area (TPSA) is 67.3 Å². The van der Waals surface area contributed by atoms with Gasteiger partial charge in [-0.3, -0.25) is 0 Å². The lowest BCUT2D eigenvalue weighted by Gasteiger charge is -2.33. The Labute approximate surface area is 82.1 Å². The summed E-state index contributed by atoms with van der Waals surface area (Å²) < 4.78 is 4.84. The van der Waals surface area contributed by atoms with E-state index in [9.17, 15) is 5.11 Å². The third-order valence-corrected chi connectivity index (χ3v) is 2.40. The number of nitrogens with zero attached hydrogens (tertiary/aromatic N) is 2. The van der Waals surface area contributed by atoms with Gasteiger partial charge in [0, 0.05) is 0 Å². The molecule has 76 valence electrons. The number of aromatic nitrogens is 2. The zero-order valence-corrected chi connectivity index (χ0v) is 7.97. The molecule has 2 atom stereocenters. The number of anilines is 1. The van der Waals surface area contributed by atoms with Crippen molar-refractivity contribution in [1.29, 1.82) is 0 Å². The van der Waals surface area contributed by atoms with E-state index < -0.39 is 0 Å². The van der Waals surface area contributed by atoms with E-state index in [1.165, 1.54) is 7.11 Å². The highest BCUT2D eigenvalue weighted by Crippen LogP contribution is 2.23. The Bertz CT molecular complexity index is 301. The monoisotopic (exact) mass is 195 g/mol. The van der Waals surface area contributed by atoms with Crippen molar-refractivity contribution in [2.45, 2.75) is 25.0 Å². The summed E-state index contributed by atoms with van der Waals surface area (Å²) in [6.07, 6.45) is 4.92. The molecule has 0 saturated heterocycles. The van der Waals surface area contributed by atoms with Gasteiger partial charge in [-0.05, 0) is 12.8 Å². The molecular formula is C9H13N3O2. The molecule has 0 aromatic carbocycles. The van der Waals surface area contributed by atoms with Crippen molar-refractivity contribution in [3.05, 3.63) is 12.4 Å². The minimum Gasteiger partial charge on any atom is -0.467 e. The second-order valence-corrected chi connectivity index (χ2v) is 3.35. The molecule has 2 N–H and O–H groups in total. The van der Waals surface area contributed by atoms with Crippen molar-refractivity contribution in [3.63, 3.8) is 0 Å². The summed E-state index contributed by atoms with van der Waals surface area (Å²) in [5, 5.41) is 12.5. The van der Waals surface area contributed by atoms with Crippen molar-refractivity contribution in [2.24, 2.45) is 0 Å². The predicted molar refractivity (Wildman–Crippen MR) is 51.2 cm³/mol. The SMILES string of the molecule is COc1ncc(N[C@@H]2CC[C@H]2O)cn1. The fourth-order valence-corrected chi connectivity index (χ4v) is 1.36. The van der Waals surface area contributed by atoms with Crippen LogP contribution < -0.4 is 10.1 Å². The number of rotatable bonds is 3. The van der Waals surface area contributed by atoms with E-state index in [4.69, 9.17) is 4.74 Å². The van der Waals surface area contributed by atoms with Crippen LogP contribution in [-0.2, 0) is 0 Å². The Morgan fingerprint density at radius 1 is 1.43 bits per heavy atom. The summed E-state index contributed by atoms with van der Waals surface area (Å²) >= 11 is 0. The molecule has 5 nitrogen and oxygen atoms in total. The Morgan fingerprint density at radius 2 is 2.14 bits per heavy atom. The van der Waals surface area contributed by atoms with Crippen LogP contribution >= 0.6 is 0 Å². The summed E-state index contributed by atoms with van der Waals surface area (Å²) in [4.78, 5) is 7.91. The maximum absolute atomic E-state index is 9.34. The third-order valence-electron chi connectivity index (χ3n) is 2.40. The molecular weight excluding hydrogens is 182 g/mol. The summed E-state index contributed by atoms with van der Waals surface area (Å²) in [6.45, 7) is 0. The molecule has 0 aliphatic heterocycles. The lowest BCUT2D eigenvalue weighted by Crippen LogP contribution is -2.42. The fourth-order valence-electron chi connectivity index (χ4n) is 1.36. The van der Waals surface area contributed by atoms with Gasteiger partial charge in [-0.2, -0.15) is 0 Å². The van der Waals surface area contributed by atoms with E-state index >= 15 is 0 Å². The fraction of sp³-hybridized carbons (Fsp3) is 0.556. The second kappa shape index (κ2) is 3.79. The highest BCUT2D eigenvalue weighted by molar-refractivity contribution is 5.40. The van der Waals surface area contributed by atoms with Crippen molar-refractivity contribution in [1.82, 2.24) is 9.97 Å². The summed E-state index contributed by atoms with van der Waals surface area (Å²) in [5.74, 6) is 0. The first-order valence-corrected chi connectivity index (χ1v) is 4.60. The van der Waals surface area contributed by atoms with Crippen LogP contribution in [0.1, 0.15) is 12.8 Å². The van der Waals surface area contributed by atoms with Crippen LogP contribution in [0.5, 0.6) is 6.01 Å². The number of ether oxygens (including phenoxy) is 1. The van der Waals surface area contributed by atoms with Crippen LogP contribution in [0.3, 0.4) is 0 Å². The van der Waals surface area contributed by atoms with Crippen LogP contribution in [0, 0.1) is 0 Å². The number of methoxy groups -OCH3 is 1. The number of hydrogen-bond donors (Lipinski definition) is 2. The minimum absolute atomic E-state index is 0.145. The normalized spacial score (nSPS) is 25.3. The number of nitrogens with one attached hydrogen (secondary N) is 1. The molecule has 0 unspecified atom stereocenters. The summed E-state index contributed by atoms with van der Waals surface area (Å²) in [5.41, 5.74) is 0.814. The molecule has 0 amide bonds. The third kappa shape index (κ3) is 1.77. The van der Waals surface area contributed by atoms with Gasteiger partial charge in [0.05, 0.1) is 37.3 Å². The first-order chi connectivity index (χ1) is 6.79.